The number of thiocarbonyl (C=S) groups is 1. The van der Waals surface area contributed by atoms with Crippen LogP contribution in [0, 0.1) is 19.7 Å². The summed E-state index contributed by atoms with van der Waals surface area (Å²) in [5, 5.41) is 4.49. The first-order chi connectivity index (χ1) is 18.4. The van der Waals surface area contributed by atoms with Crippen LogP contribution in [0.1, 0.15) is 34.7 Å². The molecule has 0 saturated carbocycles. The molecule has 9 heteroatoms. The van der Waals surface area contributed by atoms with Gasteiger partial charge in [-0.15, -0.1) is 0 Å². The molecule has 2 atom stereocenters. The maximum absolute atomic E-state index is 14.9. The number of para-hydroxylation sites is 1. The molecule has 0 amide bonds. The number of aryl methyl sites for hydroxylation is 1. The number of aromatic nitrogens is 2. The predicted octanol–water partition coefficient (Wildman–Crippen LogP) is 6.48. The first-order valence-corrected chi connectivity index (χ1v) is 13.0. The van der Waals surface area contributed by atoms with Gasteiger partial charge in [-0.1, -0.05) is 29.8 Å². The Hall–Kier alpha value is -3.46. The molecule has 1 aliphatic heterocycles. The van der Waals surface area contributed by atoms with Crippen molar-refractivity contribution in [3.05, 3.63) is 106 Å². The van der Waals surface area contributed by atoms with E-state index in [1.165, 1.54) is 6.07 Å². The lowest BCUT2D eigenvalue weighted by molar-refractivity contribution is 0.146. The zero-order chi connectivity index (χ0) is 26.8. The van der Waals surface area contributed by atoms with Crippen LogP contribution >= 0.6 is 23.8 Å². The summed E-state index contributed by atoms with van der Waals surface area (Å²) < 4.78 is 27.6. The predicted molar refractivity (Wildman–Crippen MR) is 152 cm³/mol. The van der Waals surface area contributed by atoms with Crippen LogP contribution in [0.3, 0.4) is 0 Å². The normalized spacial score (nSPS) is 17.1. The van der Waals surface area contributed by atoms with Crippen molar-refractivity contribution >= 4 is 34.6 Å². The Balaban J connectivity index is 1.61. The van der Waals surface area contributed by atoms with Crippen molar-refractivity contribution in [3.63, 3.8) is 0 Å². The second-order valence-electron chi connectivity index (χ2n) is 9.07. The fraction of sp³-hybridized carbons (Fsp3) is 0.241. The van der Waals surface area contributed by atoms with Crippen LogP contribution in [0.25, 0.3) is 5.69 Å². The smallest absolute Gasteiger partial charge is 0.174 e. The summed E-state index contributed by atoms with van der Waals surface area (Å²) in [6.45, 7) is 4.84. The molecule has 3 heterocycles. The monoisotopic (exact) mass is 550 g/mol. The van der Waals surface area contributed by atoms with Crippen LogP contribution in [0.4, 0.5) is 10.1 Å². The topological polar surface area (TPSA) is 51.6 Å². The summed E-state index contributed by atoms with van der Waals surface area (Å²) in [5.74, 6) is 0.288. The fourth-order valence-electron chi connectivity index (χ4n) is 5.03. The summed E-state index contributed by atoms with van der Waals surface area (Å²) in [6, 6.07) is 19.8. The van der Waals surface area contributed by atoms with Crippen molar-refractivity contribution in [1.82, 2.24) is 14.9 Å². The Morgan fingerprint density at radius 3 is 2.55 bits per heavy atom. The second kappa shape index (κ2) is 11.1. The zero-order valence-corrected chi connectivity index (χ0v) is 22.9. The molecule has 1 saturated heterocycles. The van der Waals surface area contributed by atoms with Gasteiger partial charge in [0.2, 0.25) is 0 Å². The van der Waals surface area contributed by atoms with Gasteiger partial charge in [0.05, 0.1) is 35.1 Å². The molecule has 0 radical (unpaired) electrons. The van der Waals surface area contributed by atoms with Crippen LogP contribution in [0.15, 0.2) is 72.9 Å². The van der Waals surface area contributed by atoms with Gasteiger partial charge in [-0.25, -0.2) is 4.39 Å². The van der Waals surface area contributed by atoms with E-state index >= 15 is 0 Å². The summed E-state index contributed by atoms with van der Waals surface area (Å²) in [5.41, 5.74) is 5.00. The summed E-state index contributed by atoms with van der Waals surface area (Å²) >= 11 is 12.5. The van der Waals surface area contributed by atoms with Gasteiger partial charge in [0.25, 0.3) is 0 Å². The Labute approximate surface area is 232 Å². The summed E-state index contributed by atoms with van der Waals surface area (Å²) in [6.07, 6.45) is 1.77. The first-order valence-electron chi connectivity index (χ1n) is 12.3. The Bertz CT molecular complexity index is 1460. The van der Waals surface area contributed by atoms with Crippen LogP contribution in [0.2, 0.25) is 5.02 Å². The van der Waals surface area contributed by atoms with Gasteiger partial charge >= 0.3 is 0 Å². The van der Waals surface area contributed by atoms with E-state index < -0.39 is 0 Å². The molecule has 38 heavy (non-hydrogen) atoms. The third-order valence-corrected chi connectivity index (χ3v) is 7.33. The van der Waals surface area contributed by atoms with Crippen molar-refractivity contribution in [2.24, 2.45) is 0 Å². The van der Waals surface area contributed by atoms with Gasteiger partial charge in [0.1, 0.15) is 18.2 Å². The molecule has 196 valence electrons. The third kappa shape index (κ3) is 4.87. The number of methoxy groups -OCH3 is 1. The van der Waals surface area contributed by atoms with Crippen molar-refractivity contribution in [3.8, 4) is 11.4 Å². The average molecular weight is 551 g/mol. The highest BCUT2D eigenvalue weighted by Gasteiger charge is 2.42. The number of rotatable bonds is 8. The minimum Gasteiger partial charge on any atom is -0.490 e. The van der Waals surface area contributed by atoms with Gasteiger partial charge in [-0.3, -0.25) is 4.98 Å². The molecule has 2 aromatic heterocycles. The summed E-state index contributed by atoms with van der Waals surface area (Å²) in [7, 11) is 1.62. The molecule has 0 spiro atoms. The van der Waals surface area contributed by atoms with Crippen molar-refractivity contribution in [2.75, 3.05) is 25.2 Å². The molecule has 2 aromatic carbocycles. The highest BCUT2D eigenvalue weighted by Crippen LogP contribution is 2.45. The molecule has 6 nitrogen and oxygen atoms in total. The van der Waals surface area contributed by atoms with E-state index in [1.54, 1.807) is 25.4 Å². The van der Waals surface area contributed by atoms with Crippen LogP contribution in [-0.4, -0.2) is 35.0 Å². The number of pyridine rings is 1. The van der Waals surface area contributed by atoms with Crippen molar-refractivity contribution in [2.45, 2.75) is 25.9 Å². The lowest BCUT2D eigenvalue weighted by Gasteiger charge is -2.28. The lowest BCUT2D eigenvalue weighted by atomic mass is 9.96. The number of hydrogen-bond donors (Lipinski definition) is 1. The largest absolute Gasteiger partial charge is 0.490 e. The maximum Gasteiger partial charge on any atom is 0.174 e. The van der Waals surface area contributed by atoms with Gasteiger partial charge in [-0.05, 0) is 80.2 Å². The quantitative estimate of drug-likeness (QED) is 0.200. The number of nitrogens with one attached hydrogen (secondary N) is 1. The highest BCUT2D eigenvalue weighted by molar-refractivity contribution is 7.80. The van der Waals surface area contributed by atoms with Crippen LogP contribution in [0.5, 0.6) is 5.75 Å². The van der Waals surface area contributed by atoms with Gasteiger partial charge in [0, 0.05) is 30.4 Å². The van der Waals surface area contributed by atoms with Crippen LogP contribution in [-0.2, 0) is 4.74 Å². The van der Waals surface area contributed by atoms with E-state index in [1.807, 2.05) is 65.8 Å². The number of ether oxygens (including phenoxy) is 2. The molecule has 0 unspecified atom stereocenters. The SMILES string of the molecule is COCCOc1ccc(N2C(=S)N[C@H](c3ccccn3)[C@H]2c2cc(C)n(-c3ccccc3F)c2C)cc1Cl. The van der Waals surface area contributed by atoms with E-state index in [-0.39, 0.29) is 17.9 Å². The standard InChI is InChI=1S/C29H28ClFN4O2S/c1-18-16-21(19(2)34(18)25-10-5-4-8-23(25)31)28-27(24-9-6-7-13-32-24)33-29(38)35(28)20-11-12-26(22(30)17-20)37-15-14-36-3/h4-13,16-17,27-28H,14-15H2,1-3H3,(H,33,38)/t27-,28-/m1/s1. The number of nitrogens with zero attached hydrogens (tertiary/aromatic N) is 3. The highest BCUT2D eigenvalue weighted by atomic mass is 35.5. The summed E-state index contributed by atoms with van der Waals surface area (Å²) in [4.78, 5) is 6.68. The minimum absolute atomic E-state index is 0.241. The molecular formula is C29H28ClFN4O2S. The van der Waals surface area contributed by atoms with Crippen molar-refractivity contribution < 1.29 is 13.9 Å². The van der Waals surface area contributed by atoms with Crippen molar-refractivity contribution in [1.29, 1.82) is 0 Å². The number of benzene rings is 2. The Morgan fingerprint density at radius 1 is 1.05 bits per heavy atom. The first kappa shape index (κ1) is 26.2. The van der Waals surface area contributed by atoms with E-state index in [4.69, 9.17) is 33.3 Å². The second-order valence-corrected chi connectivity index (χ2v) is 9.86. The number of anilines is 1. The van der Waals surface area contributed by atoms with E-state index in [0.717, 1.165) is 28.3 Å². The molecule has 1 N–H and O–H groups in total. The zero-order valence-electron chi connectivity index (χ0n) is 21.3. The van der Waals surface area contributed by atoms with Gasteiger partial charge in [0.15, 0.2) is 5.11 Å². The van der Waals surface area contributed by atoms with Gasteiger partial charge in [-0.2, -0.15) is 0 Å². The third-order valence-electron chi connectivity index (χ3n) is 6.72. The Kier molecular flexibility index (Phi) is 7.65. The molecular weight excluding hydrogens is 523 g/mol. The van der Waals surface area contributed by atoms with E-state index in [2.05, 4.69) is 16.4 Å². The number of hydrogen-bond acceptors (Lipinski definition) is 4. The fourth-order valence-corrected chi connectivity index (χ4v) is 5.61. The van der Waals surface area contributed by atoms with E-state index in [9.17, 15) is 4.39 Å². The van der Waals surface area contributed by atoms with E-state index in [0.29, 0.717) is 34.8 Å². The van der Waals surface area contributed by atoms with Gasteiger partial charge < -0.3 is 24.3 Å². The average Bonchev–Trinajstić information content (AvgIpc) is 3.41. The molecule has 4 aromatic rings. The minimum atomic E-state index is -0.283. The molecule has 5 rings (SSSR count). The molecule has 1 aliphatic rings. The van der Waals surface area contributed by atoms with Crippen LogP contribution < -0.4 is 15.0 Å². The molecule has 0 bridgehead atoms. The molecule has 0 aliphatic carbocycles. The Morgan fingerprint density at radius 2 is 1.84 bits per heavy atom. The number of halogens is 2. The molecule has 1 fully saturated rings. The lowest BCUT2D eigenvalue weighted by Crippen LogP contribution is -2.29. The maximum atomic E-state index is 14.9.